The topological polar surface area (TPSA) is 112 Å². The third kappa shape index (κ3) is 2.10. The summed E-state index contributed by atoms with van der Waals surface area (Å²) in [5.41, 5.74) is -0.911. The maximum absolute atomic E-state index is 12.9. The lowest BCUT2D eigenvalue weighted by Crippen LogP contribution is -2.43. The molecular weight excluding hydrogens is 324 g/mol. The van der Waals surface area contributed by atoms with Gasteiger partial charge in [0.15, 0.2) is 17.3 Å². The van der Waals surface area contributed by atoms with Crippen molar-refractivity contribution >= 4 is 17.3 Å². The van der Waals surface area contributed by atoms with Gasteiger partial charge in [0.1, 0.15) is 11.5 Å². The molecule has 1 saturated carbocycles. The van der Waals surface area contributed by atoms with Crippen LogP contribution in [0.15, 0.2) is 41.2 Å². The molecule has 3 atom stereocenters. The first kappa shape index (κ1) is 15.8. The average molecular weight is 340 g/mol. The summed E-state index contributed by atoms with van der Waals surface area (Å²) in [5.74, 6) is -4.16. The number of aliphatic hydroxyl groups is 2. The van der Waals surface area contributed by atoms with Gasteiger partial charge in [-0.2, -0.15) is 0 Å². The van der Waals surface area contributed by atoms with E-state index in [1.807, 2.05) is 0 Å². The number of aliphatic hydroxyl groups excluding tert-OH is 1. The number of phenols is 1. The van der Waals surface area contributed by atoms with Crippen molar-refractivity contribution in [1.82, 2.24) is 0 Å². The van der Waals surface area contributed by atoms with E-state index in [1.165, 1.54) is 31.2 Å². The van der Waals surface area contributed by atoms with Crippen LogP contribution in [0.3, 0.4) is 0 Å². The van der Waals surface area contributed by atoms with Gasteiger partial charge in [-0.1, -0.05) is 18.2 Å². The first-order valence-corrected chi connectivity index (χ1v) is 8.01. The Morgan fingerprint density at radius 1 is 1.08 bits per heavy atom. The molecule has 3 aliphatic rings. The minimum Gasteiger partial charge on any atom is -0.511 e. The highest BCUT2D eigenvalue weighted by atomic mass is 16.3. The Labute approximate surface area is 143 Å². The third-order valence-electron chi connectivity index (χ3n) is 5.17. The zero-order valence-electron chi connectivity index (χ0n) is 13.4. The molecule has 4 rings (SSSR count). The van der Waals surface area contributed by atoms with E-state index in [-0.39, 0.29) is 52.4 Å². The van der Waals surface area contributed by atoms with Crippen LogP contribution in [-0.4, -0.2) is 38.3 Å². The molecular formula is C19H16O6. The number of ketones is 3. The lowest BCUT2D eigenvalue weighted by atomic mass is 9.65. The minimum atomic E-state index is -1.31. The molecule has 0 aliphatic heterocycles. The second kappa shape index (κ2) is 4.89. The Hall–Kier alpha value is -2.73. The second-order valence-electron chi connectivity index (χ2n) is 7.15. The van der Waals surface area contributed by atoms with Crippen LogP contribution in [0.25, 0.3) is 0 Å². The van der Waals surface area contributed by atoms with E-state index in [0.29, 0.717) is 0 Å². The normalized spacial score (nSPS) is 31.3. The van der Waals surface area contributed by atoms with Crippen LogP contribution in [0, 0.1) is 11.8 Å². The van der Waals surface area contributed by atoms with Crippen LogP contribution < -0.4 is 0 Å². The van der Waals surface area contributed by atoms with E-state index in [1.54, 1.807) is 0 Å². The van der Waals surface area contributed by atoms with Gasteiger partial charge >= 0.3 is 0 Å². The fourth-order valence-electron chi connectivity index (χ4n) is 4.06. The summed E-state index contributed by atoms with van der Waals surface area (Å²) in [7, 11) is 0. The maximum Gasteiger partial charge on any atom is 0.178 e. The largest absolute Gasteiger partial charge is 0.511 e. The molecule has 0 aromatic heterocycles. The third-order valence-corrected chi connectivity index (χ3v) is 5.17. The summed E-state index contributed by atoms with van der Waals surface area (Å²) in [6, 6.07) is 4.24. The fourth-order valence-corrected chi connectivity index (χ4v) is 4.06. The molecule has 0 saturated heterocycles. The molecule has 3 N–H and O–H groups in total. The number of aromatic hydroxyl groups is 1. The van der Waals surface area contributed by atoms with Crippen molar-refractivity contribution in [3.63, 3.8) is 0 Å². The van der Waals surface area contributed by atoms with E-state index in [9.17, 15) is 29.7 Å². The molecule has 0 bridgehead atoms. The van der Waals surface area contributed by atoms with Crippen molar-refractivity contribution in [1.29, 1.82) is 0 Å². The van der Waals surface area contributed by atoms with Gasteiger partial charge in [-0.15, -0.1) is 0 Å². The summed E-state index contributed by atoms with van der Waals surface area (Å²) in [4.78, 5) is 38.0. The molecule has 1 aromatic carbocycles. The number of hydrogen-bond acceptors (Lipinski definition) is 6. The molecule has 0 heterocycles. The van der Waals surface area contributed by atoms with Crippen molar-refractivity contribution < 1.29 is 29.7 Å². The van der Waals surface area contributed by atoms with E-state index in [2.05, 4.69) is 0 Å². The first-order valence-electron chi connectivity index (χ1n) is 8.01. The number of allylic oxidation sites excluding steroid dienone is 3. The molecule has 0 amide bonds. The van der Waals surface area contributed by atoms with Gasteiger partial charge in [-0.3, -0.25) is 14.4 Å². The van der Waals surface area contributed by atoms with E-state index in [0.717, 1.165) is 0 Å². The highest BCUT2D eigenvalue weighted by Crippen LogP contribution is 2.46. The number of carbonyl (C=O) groups is 3. The minimum absolute atomic E-state index is 0.0225. The number of Topliss-reactive ketones (excluding diaryl/α,β-unsaturated/α-hetero) is 3. The first-order chi connectivity index (χ1) is 11.7. The predicted octanol–water partition coefficient (Wildman–Crippen LogP) is 1.87. The Kier molecular flexibility index (Phi) is 3.09. The van der Waals surface area contributed by atoms with E-state index < -0.39 is 29.0 Å². The van der Waals surface area contributed by atoms with Crippen LogP contribution in [-0.2, 0) is 4.79 Å². The van der Waals surface area contributed by atoms with Crippen molar-refractivity contribution in [2.75, 3.05) is 0 Å². The highest BCUT2D eigenvalue weighted by Gasteiger charge is 2.50. The molecule has 0 radical (unpaired) electrons. The molecule has 0 spiro atoms. The predicted molar refractivity (Wildman–Crippen MR) is 86.4 cm³/mol. The summed E-state index contributed by atoms with van der Waals surface area (Å²) in [6.45, 7) is 1.49. The quantitative estimate of drug-likeness (QED) is 0.665. The van der Waals surface area contributed by atoms with Crippen LogP contribution in [0.5, 0.6) is 5.75 Å². The lowest BCUT2D eigenvalue weighted by Gasteiger charge is -2.38. The zero-order chi connectivity index (χ0) is 18.1. The van der Waals surface area contributed by atoms with Gasteiger partial charge in [0, 0.05) is 29.6 Å². The van der Waals surface area contributed by atoms with E-state index >= 15 is 0 Å². The number of hydrogen-bond donors (Lipinski definition) is 3. The van der Waals surface area contributed by atoms with Gasteiger partial charge in [0.25, 0.3) is 0 Å². The smallest absolute Gasteiger partial charge is 0.178 e. The summed E-state index contributed by atoms with van der Waals surface area (Å²) >= 11 is 0. The molecule has 1 aromatic rings. The Bertz CT molecular complexity index is 918. The molecule has 6 heteroatoms. The Balaban J connectivity index is 1.93. The standard InChI is InChI=1S/C19H16O6/c1-19(25)6-11-9(13(21)7-19)5-10-15(17(11)23)18(24)14-8(16(10)22)3-2-4-12(14)20/h2-5,10,15,20,23,25H,6-7H2,1H3/t10?,15?,19-/m1/s1. The SMILES string of the molecule is C[C@]1(O)CC(=O)C2=CC3C(=O)c4cccc(O)c4C(=O)C3C(O)=C2C1. The monoisotopic (exact) mass is 340 g/mol. The summed E-state index contributed by atoms with van der Waals surface area (Å²) < 4.78 is 0. The Morgan fingerprint density at radius 2 is 1.80 bits per heavy atom. The maximum atomic E-state index is 12.9. The van der Waals surface area contributed by atoms with Gasteiger partial charge in [-0.25, -0.2) is 0 Å². The average Bonchev–Trinajstić information content (AvgIpc) is 2.52. The lowest BCUT2D eigenvalue weighted by molar-refractivity contribution is -0.121. The van der Waals surface area contributed by atoms with Crippen LogP contribution in [0.2, 0.25) is 0 Å². The van der Waals surface area contributed by atoms with Crippen LogP contribution >= 0.6 is 0 Å². The van der Waals surface area contributed by atoms with Crippen molar-refractivity contribution in [2.24, 2.45) is 11.8 Å². The van der Waals surface area contributed by atoms with Crippen molar-refractivity contribution in [2.45, 2.75) is 25.4 Å². The fraction of sp³-hybridized carbons (Fsp3) is 0.316. The summed E-state index contributed by atoms with van der Waals surface area (Å²) in [5, 5.41) is 30.9. The molecule has 1 fully saturated rings. The highest BCUT2D eigenvalue weighted by molar-refractivity contribution is 6.19. The number of phenolic OH excluding ortho intramolecular Hbond substituents is 1. The number of carbonyl (C=O) groups excluding carboxylic acids is 3. The molecule has 6 nitrogen and oxygen atoms in total. The number of benzene rings is 1. The van der Waals surface area contributed by atoms with Gasteiger partial charge in [0.2, 0.25) is 0 Å². The van der Waals surface area contributed by atoms with Crippen LogP contribution in [0.1, 0.15) is 40.5 Å². The second-order valence-corrected chi connectivity index (χ2v) is 7.15. The zero-order valence-corrected chi connectivity index (χ0v) is 13.4. The number of rotatable bonds is 0. The van der Waals surface area contributed by atoms with Crippen LogP contribution in [0.4, 0.5) is 0 Å². The van der Waals surface area contributed by atoms with Gasteiger partial charge in [0.05, 0.1) is 23.0 Å². The molecule has 25 heavy (non-hydrogen) atoms. The van der Waals surface area contributed by atoms with E-state index in [4.69, 9.17) is 0 Å². The summed E-state index contributed by atoms with van der Waals surface area (Å²) in [6.07, 6.45) is 1.35. The molecule has 3 aliphatic carbocycles. The van der Waals surface area contributed by atoms with Gasteiger partial charge < -0.3 is 15.3 Å². The van der Waals surface area contributed by atoms with Crippen molar-refractivity contribution in [3.8, 4) is 5.75 Å². The Morgan fingerprint density at radius 3 is 2.52 bits per heavy atom. The molecule has 2 unspecified atom stereocenters. The van der Waals surface area contributed by atoms with Gasteiger partial charge in [-0.05, 0) is 13.0 Å². The molecule has 128 valence electrons. The number of fused-ring (bicyclic) bond motifs is 3. The van der Waals surface area contributed by atoms with Crippen molar-refractivity contribution in [3.05, 3.63) is 52.3 Å².